The molecule has 0 spiro atoms. The molecule has 3 nitrogen and oxygen atoms in total. The summed E-state index contributed by atoms with van der Waals surface area (Å²) in [6.45, 7) is 4.30. The van der Waals surface area contributed by atoms with Crippen molar-refractivity contribution in [1.82, 2.24) is 10.2 Å². The molecule has 2 aliphatic carbocycles. The van der Waals surface area contributed by atoms with Crippen molar-refractivity contribution in [2.24, 2.45) is 5.41 Å². The van der Waals surface area contributed by atoms with E-state index in [1.54, 1.807) is 0 Å². The van der Waals surface area contributed by atoms with E-state index >= 15 is 0 Å². The number of rotatable bonds is 2. The van der Waals surface area contributed by atoms with Crippen molar-refractivity contribution < 1.29 is 4.79 Å². The second kappa shape index (κ2) is 4.30. The van der Waals surface area contributed by atoms with Gasteiger partial charge in [0, 0.05) is 18.0 Å². The first-order chi connectivity index (χ1) is 10.1. The van der Waals surface area contributed by atoms with E-state index in [4.69, 9.17) is 0 Å². The maximum atomic E-state index is 12.5. The van der Waals surface area contributed by atoms with Gasteiger partial charge in [-0.15, -0.1) is 0 Å². The molecule has 1 N–H and O–H groups in total. The lowest BCUT2D eigenvalue weighted by Crippen LogP contribution is -2.27. The average molecular weight is 280 g/mol. The zero-order chi connectivity index (χ0) is 14.6. The van der Waals surface area contributed by atoms with Crippen LogP contribution in [0.1, 0.15) is 65.8 Å². The Hall–Kier alpha value is -1.90. The number of Topliss-reactive ketones (excluding diaryl/α,β-unsaturated/α-hetero) is 1. The normalized spacial score (nSPS) is 26.5. The fourth-order valence-corrected chi connectivity index (χ4v) is 3.73. The maximum absolute atomic E-state index is 12.5. The third-order valence-electron chi connectivity index (χ3n) is 4.81. The van der Waals surface area contributed by atoms with Gasteiger partial charge < -0.3 is 0 Å². The third-order valence-corrected chi connectivity index (χ3v) is 4.81. The fourth-order valence-electron chi connectivity index (χ4n) is 3.73. The quantitative estimate of drug-likeness (QED) is 0.908. The lowest BCUT2D eigenvalue weighted by Gasteiger charge is -2.28. The van der Waals surface area contributed by atoms with Crippen LogP contribution in [-0.4, -0.2) is 16.0 Å². The fraction of sp³-hybridized carbons (Fsp3) is 0.444. The van der Waals surface area contributed by atoms with Crippen molar-refractivity contribution in [2.75, 3.05) is 0 Å². The standard InChI is InChI=1S/C18H20N2O/c1-18(2)9-14-16(15(21)10-18)17(20-19-14)13-8-12(13)11-6-4-3-5-7-11/h3-7,12-13H,8-10H2,1-2H3,(H,19,20). The molecule has 0 amide bonds. The molecule has 108 valence electrons. The Bertz CT molecular complexity index is 699. The molecule has 2 aliphatic rings. The molecule has 2 aromatic rings. The van der Waals surface area contributed by atoms with Gasteiger partial charge in [0.05, 0.1) is 11.3 Å². The van der Waals surface area contributed by atoms with E-state index < -0.39 is 0 Å². The van der Waals surface area contributed by atoms with Gasteiger partial charge in [-0.3, -0.25) is 9.89 Å². The molecular formula is C18H20N2O. The van der Waals surface area contributed by atoms with E-state index in [-0.39, 0.29) is 11.2 Å². The molecule has 1 saturated carbocycles. The summed E-state index contributed by atoms with van der Waals surface area (Å²) >= 11 is 0. The summed E-state index contributed by atoms with van der Waals surface area (Å²) in [6, 6.07) is 10.6. The van der Waals surface area contributed by atoms with Crippen LogP contribution in [0.3, 0.4) is 0 Å². The number of hydrogen-bond donors (Lipinski definition) is 1. The van der Waals surface area contributed by atoms with Crippen LogP contribution < -0.4 is 0 Å². The number of aromatic amines is 1. The molecule has 0 saturated heterocycles. The smallest absolute Gasteiger partial charge is 0.167 e. The predicted molar refractivity (Wildman–Crippen MR) is 81.6 cm³/mol. The van der Waals surface area contributed by atoms with Gasteiger partial charge in [0.25, 0.3) is 0 Å². The highest BCUT2D eigenvalue weighted by Crippen LogP contribution is 2.55. The first kappa shape index (κ1) is 12.8. The second-order valence-electron chi connectivity index (χ2n) is 7.26. The summed E-state index contributed by atoms with van der Waals surface area (Å²) in [7, 11) is 0. The van der Waals surface area contributed by atoms with Gasteiger partial charge in [0.2, 0.25) is 0 Å². The number of fused-ring (bicyclic) bond motifs is 1. The molecule has 0 bridgehead atoms. The molecule has 3 heteroatoms. The van der Waals surface area contributed by atoms with E-state index in [9.17, 15) is 4.79 Å². The van der Waals surface area contributed by atoms with E-state index in [0.717, 1.165) is 29.8 Å². The lowest BCUT2D eigenvalue weighted by molar-refractivity contribution is 0.0910. The van der Waals surface area contributed by atoms with Crippen LogP contribution in [0.15, 0.2) is 30.3 Å². The Morgan fingerprint density at radius 3 is 2.67 bits per heavy atom. The number of nitrogens with zero attached hydrogens (tertiary/aromatic N) is 1. The van der Waals surface area contributed by atoms with Gasteiger partial charge in [-0.2, -0.15) is 5.10 Å². The van der Waals surface area contributed by atoms with Gasteiger partial charge >= 0.3 is 0 Å². The largest absolute Gasteiger partial charge is 0.294 e. The Morgan fingerprint density at radius 1 is 1.14 bits per heavy atom. The van der Waals surface area contributed by atoms with E-state index in [2.05, 4.69) is 48.3 Å². The molecule has 21 heavy (non-hydrogen) atoms. The van der Waals surface area contributed by atoms with Crippen LogP contribution in [0.5, 0.6) is 0 Å². The number of aromatic nitrogens is 2. The summed E-state index contributed by atoms with van der Waals surface area (Å²) < 4.78 is 0. The number of hydrogen-bond acceptors (Lipinski definition) is 2. The van der Waals surface area contributed by atoms with Crippen LogP contribution in [0, 0.1) is 5.41 Å². The number of H-pyrrole nitrogens is 1. The van der Waals surface area contributed by atoms with Crippen LogP contribution in [0.25, 0.3) is 0 Å². The van der Waals surface area contributed by atoms with Crippen molar-refractivity contribution in [3.63, 3.8) is 0 Å². The van der Waals surface area contributed by atoms with Crippen molar-refractivity contribution in [2.45, 2.75) is 44.9 Å². The van der Waals surface area contributed by atoms with Gasteiger partial charge in [-0.25, -0.2) is 0 Å². The highest BCUT2D eigenvalue weighted by molar-refractivity contribution is 6.00. The van der Waals surface area contributed by atoms with Crippen molar-refractivity contribution in [1.29, 1.82) is 0 Å². The molecule has 4 rings (SSSR count). The van der Waals surface area contributed by atoms with E-state index in [1.807, 2.05) is 6.07 Å². The second-order valence-corrected chi connectivity index (χ2v) is 7.26. The predicted octanol–water partition coefficient (Wildman–Crippen LogP) is 3.84. The number of carbonyl (C=O) groups is 1. The Labute approximate surface area is 124 Å². The Kier molecular flexibility index (Phi) is 2.62. The molecule has 1 aromatic carbocycles. The van der Waals surface area contributed by atoms with Crippen molar-refractivity contribution in [3.8, 4) is 0 Å². The van der Waals surface area contributed by atoms with Gasteiger partial charge in [0.15, 0.2) is 5.78 Å². The minimum Gasteiger partial charge on any atom is -0.294 e. The van der Waals surface area contributed by atoms with Crippen molar-refractivity contribution >= 4 is 5.78 Å². The van der Waals surface area contributed by atoms with Crippen LogP contribution >= 0.6 is 0 Å². The monoisotopic (exact) mass is 280 g/mol. The van der Waals surface area contributed by atoms with E-state index in [0.29, 0.717) is 18.3 Å². The maximum Gasteiger partial charge on any atom is 0.167 e. The number of ketones is 1. The van der Waals surface area contributed by atoms with Crippen LogP contribution in [0.4, 0.5) is 0 Å². The molecule has 0 aliphatic heterocycles. The summed E-state index contributed by atoms with van der Waals surface area (Å²) in [6.07, 6.45) is 2.66. The zero-order valence-corrected chi connectivity index (χ0v) is 12.5. The first-order valence-corrected chi connectivity index (χ1v) is 7.70. The summed E-state index contributed by atoms with van der Waals surface area (Å²) in [5, 5.41) is 7.64. The average Bonchev–Trinajstić information content (AvgIpc) is 3.12. The SMILES string of the molecule is CC1(C)CC(=O)c2c(C3CC3c3ccccc3)n[nH]c2C1. The van der Waals surface area contributed by atoms with Crippen LogP contribution in [-0.2, 0) is 6.42 Å². The molecule has 2 atom stereocenters. The molecule has 0 radical (unpaired) electrons. The molecule has 2 unspecified atom stereocenters. The highest BCUT2D eigenvalue weighted by atomic mass is 16.1. The Balaban J connectivity index is 1.65. The minimum atomic E-state index is 0.0519. The lowest BCUT2D eigenvalue weighted by atomic mass is 9.75. The first-order valence-electron chi connectivity index (χ1n) is 7.70. The third kappa shape index (κ3) is 2.11. The minimum absolute atomic E-state index is 0.0519. The molecular weight excluding hydrogens is 260 g/mol. The van der Waals surface area contributed by atoms with Crippen molar-refractivity contribution in [3.05, 3.63) is 52.8 Å². The highest BCUT2D eigenvalue weighted by Gasteiger charge is 2.45. The zero-order valence-electron chi connectivity index (χ0n) is 12.5. The summed E-state index contributed by atoms with van der Waals surface area (Å²) in [5.74, 6) is 1.21. The summed E-state index contributed by atoms with van der Waals surface area (Å²) in [5.41, 5.74) is 4.38. The van der Waals surface area contributed by atoms with Gasteiger partial charge in [-0.1, -0.05) is 44.2 Å². The molecule has 1 heterocycles. The number of nitrogens with one attached hydrogen (secondary N) is 1. The van der Waals surface area contributed by atoms with Gasteiger partial charge in [0.1, 0.15) is 0 Å². The Morgan fingerprint density at radius 2 is 1.90 bits per heavy atom. The van der Waals surface area contributed by atoms with E-state index in [1.165, 1.54) is 5.56 Å². The topological polar surface area (TPSA) is 45.8 Å². The molecule has 1 aromatic heterocycles. The van der Waals surface area contributed by atoms with Gasteiger partial charge in [-0.05, 0) is 29.7 Å². The van der Waals surface area contributed by atoms with Crippen LogP contribution in [0.2, 0.25) is 0 Å². The number of benzene rings is 1. The number of carbonyl (C=O) groups excluding carboxylic acids is 1. The summed E-state index contributed by atoms with van der Waals surface area (Å²) in [4.78, 5) is 12.5. The molecule has 1 fully saturated rings.